The summed E-state index contributed by atoms with van der Waals surface area (Å²) in [7, 11) is 0. The van der Waals surface area contributed by atoms with E-state index in [1.165, 1.54) is 58.4 Å². The van der Waals surface area contributed by atoms with Gasteiger partial charge in [-0.1, -0.05) is 127 Å². The van der Waals surface area contributed by atoms with E-state index < -0.39 is 0 Å². The Morgan fingerprint density at radius 3 is 1.83 bits per heavy atom. The van der Waals surface area contributed by atoms with Gasteiger partial charge in [0.1, 0.15) is 11.2 Å². The van der Waals surface area contributed by atoms with Gasteiger partial charge in [-0.15, -0.1) is 11.3 Å². The number of hydrogen-bond acceptors (Lipinski definition) is 3. The number of benzene rings is 9. The molecule has 248 valence electrons. The number of rotatable bonds is 5. The van der Waals surface area contributed by atoms with Crippen molar-refractivity contribution < 1.29 is 4.42 Å². The number of hydrogen-bond donors (Lipinski definition) is 0. The zero-order valence-electron chi connectivity index (χ0n) is 28.7. The minimum Gasteiger partial charge on any atom is -0.456 e. The summed E-state index contributed by atoms with van der Waals surface area (Å²) in [6.45, 7) is 0. The predicted molar refractivity (Wildman–Crippen MR) is 227 cm³/mol. The molecule has 0 saturated heterocycles. The lowest BCUT2D eigenvalue weighted by molar-refractivity contribution is 0.669. The smallest absolute Gasteiger partial charge is 0.135 e. The molecule has 0 unspecified atom stereocenters. The van der Waals surface area contributed by atoms with Gasteiger partial charge in [0, 0.05) is 48.0 Å². The van der Waals surface area contributed by atoms with E-state index >= 15 is 0 Å². The molecule has 0 amide bonds. The van der Waals surface area contributed by atoms with E-state index in [1.807, 2.05) is 23.5 Å². The van der Waals surface area contributed by atoms with E-state index in [0.29, 0.717) is 0 Å². The fourth-order valence-electron chi connectivity index (χ4n) is 8.06. The largest absolute Gasteiger partial charge is 0.456 e. The van der Waals surface area contributed by atoms with Gasteiger partial charge in [0.2, 0.25) is 0 Å². The van der Waals surface area contributed by atoms with Crippen molar-refractivity contribution in [2.75, 3.05) is 4.90 Å². The van der Waals surface area contributed by atoms with Crippen LogP contribution in [0.3, 0.4) is 0 Å². The first-order valence-corrected chi connectivity index (χ1v) is 18.8. The van der Waals surface area contributed by atoms with E-state index in [0.717, 1.165) is 44.6 Å². The fourth-order valence-corrected chi connectivity index (χ4v) is 9.30. The molecule has 0 fully saturated rings. The first kappa shape index (κ1) is 30.0. The average molecular weight is 694 g/mol. The Morgan fingerprint density at radius 2 is 0.981 bits per heavy atom. The van der Waals surface area contributed by atoms with Crippen molar-refractivity contribution in [1.29, 1.82) is 0 Å². The van der Waals surface area contributed by atoms with Crippen LogP contribution in [0.2, 0.25) is 0 Å². The molecule has 0 radical (unpaired) electrons. The van der Waals surface area contributed by atoms with Crippen LogP contribution >= 0.6 is 11.3 Å². The molecular weight excluding hydrogens is 663 g/mol. The maximum absolute atomic E-state index is 6.11. The van der Waals surface area contributed by atoms with Crippen LogP contribution in [0.5, 0.6) is 0 Å². The highest BCUT2D eigenvalue weighted by atomic mass is 32.1. The lowest BCUT2D eigenvalue weighted by atomic mass is 10.00. The van der Waals surface area contributed by atoms with Crippen LogP contribution in [0.4, 0.5) is 17.1 Å². The minimum absolute atomic E-state index is 0.911. The van der Waals surface area contributed by atoms with E-state index in [9.17, 15) is 0 Å². The first-order chi connectivity index (χ1) is 26.2. The van der Waals surface area contributed by atoms with Crippen LogP contribution in [0.1, 0.15) is 0 Å². The molecule has 2 nitrogen and oxygen atoms in total. The summed E-state index contributed by atoms with van der Waals surface area (Å²) < 4.78 is 8.76. The molecule has 2 aromatic heterocycles. The Morgan fingerprint density at radius 1 is 0.358 bits per heavy atom. The molecule has 0 bridgehead atoms. The highest BCUT2D eigenvalue weighted by Gasteiger charge is 2.16. The molecule has 11 aromatic rings. The summed E-state index contributed by atoms with van der Waals surface area (Å²) in [5.74, 6) is 0. The molecule has 9 aromatic carbocycles. The maximum atomic E-state index is 6.11. The topological polar surface area (TPSA) is 16.4 Å². The van der Waals surface area contributed by atoms with Crippen LogP contribution in [-0.2, 0) is 0 Å². The summed E-state index contributed by atoms with van der Waals surface area (Å²) in [4.78, 5) is 2.37. The first-order valence-electron chi connectivity index (χ1n) is 18.0. The lowest BCUT2D eigenvalue weighted by Gasteiger charge is -2.26. The van der Waals surface area contributed by atoms with Crippen LogP contribution < -0.4 is 4.90 Å². The van der Waals surface area contributed by atoms with E-state index in [2.05, 4.69) is 181 Å². The summed E-state index contributed by atoms with van der Waals surface area (Å²) in [6.07, 6.45) is 0. The summed E-state index contributed by atoms with van der Waals surface area (Å²) in [5, 5.41) is 9.93. The van der Waals surface area contributed by atoms with Crippen molar-refractivity contribution in [3.05, 3.63) is 188 Å². The standard InChI is InChI=1S/C50H31NOS/c1-2-9-40-33(8-1)16-17-36-30-39(27-28-41(36)40)51(37-23-18-32(19-24-37)35-22-29-48-46(31-35)43-10-3-5-14-47(43)52-48)38-25-20-34(21-26-38)42-12-7-13-45-44-11-4-6-15-49(44)53-50(42)45/h1-31H. The second kappa shape index (κ2) is 11.9. The highest BCUT2D eigenvalue weighted by molar-refractivity contribution is 7.26. The number of anilines is 3. The molecule has 0 N–H and O–H groups in total. The average Bonchev–Trinajstić information content (AvgIpc) is 3.80. The third-order valence-corrected chi connectivity index (χ3v) is 11.9. The van der Waals surface area contributed by atoms with Gasteiger partial charge in [-0.25, -0.2) is 0 Å². The number of thiophene rings is 1. The van der Waals surface area contributed by atoms with Gasteiger partial charge in [0.15, 0.2) is 0 Å². The molecule has 53 heavy (non-hydrogen) atoms. The van der Waals surface area contributed by atoms with Crippen LogP contribution in [0.15, 0.2) is 192 Å². The molecule has 2 heterocycles. The zero-order valence-corrected chi connectivity index (χ0v) is 29.5. The van der Waals surface area contributed by atoms with Gasteiger partial charge in [-0.2, -0.15) is 0 Å². The van der Waals surface area contributed by atoms with Crippen molar-refractivity contribution in [3.8, 4) is 22.3 Å². The third kappa shape index (κ3) is 4.93. The monoisotopic (exact) mass is 693 g/mol. The molecule has 11 rings (SSSR count). The van der Waals surface area contributed by atoms with Gasteiger partial charge >= 0.3 is 0 Å². The Kier molecular flexibility index (Phi) is 6.76. The minimum atomic E-state index is 0.911. The SMILES string of the molecule is c1ccc2c(c1)ccc1cc(N(c3ccc(-c4ccc5oc6ccccc6c5c4)cc3)c3ccc(-c4cccc5c4sc4ccccc45)cc3)ccc12. The highest BCUT2D eigenvalue weighted by Crippen LogP contribution is 2.42. The second-order valence-electron chi connectivity index (χ2n) is 13.7. The number of nitrogens with zero attached hydrogens (tertiary/aromatic N) is 1. The summed E-state index contributed by atoms with van der Waals surface area (Å²) in [5.41, 5.74) is 9.97. The zero-order chi connectivity index (χ0) is 34.9. The lowest BCUT2D eigenvalue weighted by Crippen LogP contribution is -2.09. The van der Waals surface area contributed by atoms with Crippen molar-refractivity contribution in [2.24, 2.45) is 0 Å². The molecule has 0 spiro atoms. The molecule has 3 heteroatoms. The van der Waals surface area contributed by atoms with Gasteiger partial charge in [0.25, 0.3) is 0 Å². The fraction of sp³-hybridized carbons (Fsp3) is 0. The van der Waals surface area contributed by atoms with E-state index in [-0.39, 0.29) is 0 Å². The predicted octanol–water partition coefficient (Wildman–Crippen LogP) is 15.1. The molecule has 0 aliphatic rings. The normalized spacial score (nSPS) is 11.8. The molecular formula is C50H31NOS. The molecule has 0 aliphatic carbocycles. The number of fused-ring (bicyclic) bond motifs is 9. The summed E-state index contributed by atoms with van der Waals surface area (Å²) in [6, 6.07) is 68.1. The van der Waals surface area contributed by atoms with Crippen molar-refractivity contribution >= 4 is 92.1 Å². The van der Waals surface area contributed by atoms with E-state index in [1.54, 1.807) is 0 Å². The van der Waals surface area contributed by atoms with Crippen LogP contribution in [0, 0.1) is 0 Å². The van der Waals surface area contributed by atoms with Gasteiger partial charge < -0.3 is 9.32 Å². The van der Waals surface area contributed by atoms with Crippen molar-refractivity contribution in [3.63, 3.8) is 0 Å². The Labute approximate surface area is 310 Å². The van der Waals surface area contributed by atoms with E-state index in [4.69, 9.17) is 4.42 Å². The van der Waals surface area contributed by atoms with Crippen LogP contribution in [-0.4, -0.2) is 0 Å². The number of furan rings is 1. The quantitative estimate of drug-likeness (QED) is 0.167. The van der Waals surface area contributed by atoms with Crippen molar-refractivity contribution in [1.82, 2.24) is 0 Å². The molecule has 0 saturated carbocycles. The van der Waals surface area contributed by atoms with Gasteiger partial charge in [-0.05, 0) is 104 Å². The summed E-state index contributed by atoms with van der Waals surface area (Å²) >= 11 is 1.87. The molecule has 0 atom stereocenters. The van der Waals surface area contributed by atoms with Gasteiger partial charge in [0.05, 0.1) is 0 Å². The second-order valence-corrected chi connectivity index (χ2v) is 14.8. The molecule has 0 aliphatic heterocycles. The maximum Gasteiger partial charge on any atom is 0.135 e. The Bertz CT molecular complexity index is 3170. The Hall–Kier alpha value is -6.68. The number of para-hydroxylation sites is 1. The van der Waals surface area contributed by atoms with Crippen molar-refractivity contribution in [2.45, 2.75) is 0 Å². The van der Waals surface area contributed by atoms with Gasteiger partial charge in [-0.3, -0.25) is 0 Å². The Balaban J connectivity index is 1.02. The third-order valence-electron chi connectivity index (χ3n) is 10.7. The van der Waals surface area contributed by atoms with Crippen LogP contribution in [0.25, 0.3) is 85.9 Å².